The molecule has 1 aliphatic heterocycles. The molecule has 1 aliphatic rings. The van der Waals surface area contributed by atoms with Gasteiger partial charge in [-0.3, -0.25) is 9.69 Å². The lowest BCUT2D eigenvalue weighted by molar-refractivity contribution is -0.122. The molecule has 6 nitrogen and oxygen atoms in total. The number of likely N-dealkylation sites (tertiary alicyclic amines) is 1. The predicted molar refractivity (Wildman–Crippen MR) is 111 cm³/mol. The molecule has 2 rings (SSSR count). The molecule has 0 saturated carbocycles. The highest BCUT2D eigenvalue weighted by Crippen LogP contribution is 2.20. The number of carbonyl (C=O) groups excluding carboxylic acids is 2. The first kappa shape index (κ1) is 22.2. The molecule has 1 saturated heterocycles. The number of nitrogens with one attached hydrogen (secondary N) is 2. The van der Waals surface area contributed by atoms with Gasteiger partial charge in [-0.25, -0.2) is 4.79 Å². The molecule has 2 amide bonds. The van der Waals surface area contributed by atoms with Crippen molar-refractivity contribution in [1.82, 2.24) is 15.5 Å². The van der Waals surface area contributed by atoms with Crippen LogP contribution in [0.1, 0.15) is 59.4 Å². The Balaban J connectivity index is 1.78. The highest BCUT2D eigenvalue weighted by molar-refractivity contribution is 5.78. The highest BCUT2D eigenvalue weighted by atomic mass is 16.6. The molecule has 1 heterocycles. The molecule has 28 heavy (non-hydrogen) atoms. The lowest BCUT2D eigenvalue weighted by Crippen LogP contribution is -2.49. The number of rotatable bonds is 7. The van der Waals surface area contributed by atoms with Crippen molar-refractivity contribution in [2.24, 2.45) is 0 Å². The van der Waals surface area contributed by atoms with Crippen LogP contribution in [0.2, 0.25) is 0 Å². The van der Waals surface area contributed by atoms with Crippen molar-refractivity contribution < 1.29 is 14.3 Å². The number of amides is 2. The number of benzene rings is 1. The van der Waals surface area contributed by atoms with E-state index in [1.165, 1.54) is 5.56 Å². The maximum Gasteiger partial charge on any atom is 0.408 e. The lowest BCUT2D eigenvalue weighted by Gasteiger charge is -2.29. The third kappa shape index (κ3) is 7.89. The van der Waals surface area contributed by atoms with Crippen LogP contribution in [0.4, 0.5) is 4.79 Å². The summed E-state index contributed by atoms with van der Waals surface area (Å²) >= 11 is 0. The first-order valence-corrected chi connectivity index (χ1v) is 10.1. The van der Waals surface area contributed by atoms with Crippen LogP contribution in [-0.4, -0.2) is 47.2 Å². The number of hydrogen-bond acceptors (Lipinski definition) is 4. The van der Waals surface area contributed by atoms with Crippen LogP contribution in [0.25, 0.3) is 0 Å². The normalized spacial score (nSPS) is 18.0. The van der Waals surface area contributed by atoms with Crippen molar-refractivity contribution in [3.63, 3.8) is 0 Å². The van der Waals surface area contributed by atoms with Crippen molar-refractivity contribution in [1.29, 1.82) is 0 Å². The topological polar surface area (TPSA) is 70.7 Å². The maximum atomic E-state index is 12.4. The van der Waals surface area contributed by atoms with Crippen LogP contribution < -0.4 is 10.6 Å². The molecule has 2 N–H and O–H groups in total. The second kappa shape index (κ2) is 9.41. The quantitative estimate of drug-likeness (QED) is 0.749. The van der Waals surface area contributed by atoms with E-state index in [0.717, 1.165) is 25.9 Å². The molecular formula is C22H35N3O3. The van der Waals surface area contributed by atoms with Gasteiger partial charge in [-0.05, 0) is 59.6 Å². The third-order valence-electron chi connectivity index (χ3n) is 4.70. The summed E-state index contributed by atoms with van der Waals surface area (Å²) in [5.41, 5.74) is 0.0577. The minimum Gasteiger partial charge on any atom is -0.444 e. The summed E-state index contributed by atoms with van der Waals surface area (Å²) in [5, 5.41) is 5.83. The molecule has 1 fully saturated rings. The van der Waals surface area contributed by atoms with Crippen LogP contribution in [0, 0.1) is 0 Å². The predicted octanol–water partition coefficient (Wildman–Crippen LogP) is 3.46. The van der Waals surface area contributed by atoms with Gasteiger partial charge in [0.25, 0.3) is 0 Å². The average molecular weight is 390 g/mol. The Morgan fingerprint density at radius 3 is 2.46 bits per heavy atom. The number of alkyl carbamates (subject to hydrolysis) is 1. The van der Waals surface area contributed by atoms with Gasteiger partial charge in [0.15, 0.2) is 0 Å². The van der Waals surface area contributed by atoms with Crippen molar-refractivity contribution in [2.45, 2.75) is 77.6 Å². The summed E-state index contributed by atoms with van der Waals surface area (Å²) in [5.74, 6) is -0.0624. The van der Waals surface area contributed by atoms with Gasteiger partial charge < -0.3 is 15.4 Å². The zero-order chi connectivity index (χ0) is 20.8. The zero-order valence-electron chi connectivity index (χ0n) is 17.9. The lowest BCUT2D eigenvalue weighted by atomic mass is 10.0. The second-order valence-electron chi connectivity index (χ2n) is 9.24. The molecule has 1 aromatic carbocycles. The molecule has 0 aromatic heterocycles. The fourth-order valence-corrected chi connectivity index (χ4v) is 3.47. The third-order valence-corrected chi connectivity index (χ3v) is 4.70. The molecular weight excluding hydrogens is 354 g/mol. The Morgan fingerprint density at radius 1 is 1.14 bits per heavy atom. The fourth-order valence-electron chi connectivity index (χ4n) is 3.47. The van der Waals surface area contributed by atoms with Crippen LogP contribution in [0.15, 0.2) is 30.3 Å². The summed E-state index contributed by atoms with van der Waals surface area (Å²) in [6, 6.07) is 10.8. The summed E-state index contributed by atoms with van der Waals surface area (Å²) in [7, 11) is 0. The fraction of sp³-hybridized carbons (Fsp3) is 0.636. The number of ether oxygens (including phenoxy) is 1. The van der Waals surface area contributed by atoms with E-state index in [2.05, 4.69) is 39.8 Å². The molecule has 156 valence electrons. The number of carbonyl (C=O) groups is 2. The number of nitrogens with zero attached hydrogens (tertiary/aromatic N) is 1. The molecule has 0 radical (unpaired) electrons. The maximum absolute atomic E-state index is 12.4. The van der Waals surface area contributed by atoms with Gasteiger partial charge in [0.05, 0.1) is 0 Å². The second-order valence-corrected chi connectivity index (χ2v) is 9.24. The first-order valence-electron chi connectivity index (χ1n) is 10.1. The van der Waals surface area contributed by atoms with Gasteiger partial charge in [-0.1, -0.05) is 30.3 Å². The Labute approximate surface area is 169 Å². The first-order chi connectivity index (χ1) is 13.0. The molecule has 0 bridgehead atoms. The van der Waals surface area contributed by atoms with Gasteiger partial charge in [0, 0.05) is 31.1 Å². The van der Waals surface area contributed by atoms with E-state index in [0.29, 0.717) is 12.6 Å². The van der Waals surface area contributed by atoms with E-state index >= 15 is 0 Å². The zero-order valence-corrected chi connectivity index (χ0v) is 17.9. The SMILES string of the molecule is CC(C)(CC(=O)NCC1CCCN1Cc1ccccc1)NC(=O)OC(C)(C)C. The van der Waals surface area contributed by atoms with E-state index < -0.39 is 17.2 Å². The molecule has 1 atom stereocenters. The van der Waals surface area contributed by atoms with E-state index in [4.69, 9.17) is 4.74 Å². The minimum absolute atomic E-state index is 0.0624. The standard InChI is InChI=1S/C22H35N3O3/c1-21(2,3)28-20(27)24-22(4,5)14-19(26)23-15-18-12-9-13-25(18)16-17-10-7-6-8-11-17/h6-8,10-11,18H,9,12-16H2,1-5H3,(H,23,26)(H,24,27). The van der Waals surface area contributed by atoms with Gasteiger partial charge in [-0.15, -0.1) is 0 Å². The molecule has 6 heteroatoms. The Kier molecular flexibility index (Phi) is 7.47. The van der Waals surface area contributed by atoms with Crippen molar-refractivity contribution in [3.8, 4) is 0 Å². The molecule has 0 spiro atoms. The summed E-state index contributed by atoms with van der Waals surface area (Å²) in [6.45, 7) is 11.7. The van der Waals surface area contributed by atoms with Crippen LogP contribution in [0.3, 0.4) is 0 Å². The van der Waals surface area contributed by atoms with Gasteiger partial charge in [-0.2, -0.15) is 0 Å². The van der Waals surface area contributed by atoms with Crippen molar-refractivity contribution >= 4 is 12.0 Å². The summed E-state index contributed by atoms with van der Waals surface area (Å²) < 4.78 is 5.28. The van der Waals surface area contributed by atoms with E-state index in [-0.39, 0.29) is 12.3 Å². The van der Waals surface area contributed by atoms with E-state index in [9.17, 15) is 9.59 Å². The summed E-state index contributed by atoms with van der Waals surface area (Å²) in [4.78, 5) is 26.8. The van der Waals surface area contributed by atoms with Gasteiger partial charge in [0.1, 0.15) is 5.60 Å². The highest BCUT2D eigenvalue weighted by Gasteiger charge is 2.29. The smallest absolute Gasteiger partial charge is 0.408 e. The average Bonchev–Trinajstić information content (AvgIpc) is 2.98. The van der Waals surface area contributed by atoms with Crippen LogP contribution >= 0.6 is 0 Å². The Bertz CT molecular complexity index is 653. The largest absolute Gasteiger partial charge is 0.444 e. The Hall–Kier alpha value is -2.08. The van der Waals surface area contributed by atoms with Crippen molar-refractivity contribution in [3.05, 3.63) is 35.9 Å². The van der Waals surface area contributed by atoms with Gasteiger partial charge in [0.2, 0.25) is 5.91 Å². The molecule has 1 unspecified atom stereocenters. The monoisotopic (exact) mass is 389 g/mol. The minimum atomic E-state index is -0.675. The molecule has 0 aliphatic carbocycles. The van der Waals surface area contributed by atoms with Gasteiger partial charge >= 0.3 is 6.09 Å². The van der Waals surface area contributed by atoms with Crippen molar-refractivity contribution in [2.75, 3.05) is 13.1 Å². The van der Waals surface area contributed by atoms with E-state index in [1.54, 1.807) is 0 Å². The number of hydrogen-bond donors (Lipinski definition) is 2. The van der Waals surface area contributed by atoms with Crippen LogP contribution in [0.5, 0.6) is 0 Å². The van der Waals surface area contributed by atoms with Crippen LogP contribution in [-0.2, 0) is 16.1 Å². The summed E-state index contributed by atoms with van der Waals surface area (Å²) in [6.07, 6.45) is 1.94. The molecule has 1 aromatic rings. The van der Waals surface area contributed by atoms with E-state index in [1.807, 2.05) is 40.7 Å². The Morgan fingerprint density at radius 2 is 1.82 bits per heavy atom.